The maximum atomic E-state index is 11.4. The summed E-state index contributed by atoms with van der Waals surface area (Å²) >= 11 is 0. The molecule has 1 atom stereocenters. The molecular weight excluding hydrogens is 190 g/mol. The van der Waals surface area contributed by atoms with Gasteiger partial charge in [-0.1, -0.05) is 0 Å². The quantitative estimate of drug-likeness (QED) is 0.685. The number of nitrogens with one attached hydrogen (secondary N) is 1. The molecule has 4 nitrogen and oxygen atoms in total. The van der Waals surface area contributed by atoms with E-state index in [-0.39, 0.29) is 11.9 Å². The predicted octanol–water partition coefficient (Wildman–Crippen LogP) is 0.182. The van der Waals surface area contributed by atoms with Gasteiger partial charge in [-0.25, -0.2) is 0 Å². The first kappa shape index (κ1) is 12.5. The fraction of sp³-hybridized carbons (Fsp3) is 0.909. The van der Waals surface area contributed by atoms with Crippen molar-refractivity contribution in [3.63, 3.8) is 0 Å². The Labute approximate surface area is 92.2 Å². The van der Waals surface area contributed by atoms with E-state index >= 15 is 0 Å². The van der Waals surface area contributed by atoms with Crippen LogP contribution < -0.4 is 11.1 Å². The van der Waals surface area contributed by atoms with Gasteiger partial charge in [0.05, 0.1) is 0 Å². The zero-order valence-electron chi connectivity index (χ0n) is 9.83. The second-order valence-electron chi connectivity index (χ2n) is 4.66. The van der Waals surface area contributed by atoms with Crippen molar-refractivity contribution in [3.8, 4) is 0 Å². The molecule has 1 rings (SSSR count). The summed E-state index contributed by atoms with van der Waals surface area (Å²) in [5.41, 5.74) is 5.61. The van der Waals surface area contributed by atoms with Crippen LogP contribution in [0.4, 0.5) is 0 Å². The number of nitrogens with two attached hydrogens (primary N) is 1. The van der Waals surface area contributed by atoms with Crippen molar-refractivity contribution in [2.45, 2.75) is 32.7 Å². The summed E-state index contributed by atoms with van der Waals surface area (Å²) in [5, 5.41) is 2.90. The minimum absolute atomic E-state index is 0.154. The predicted molar refractivity (Wildman–Crippen MR) is 61.5 cm³/mol. The van der Waals surface area contributed by atoms with Gasteiger partial charge < -0.3 is 16.0 Å². The van der Waals surface area contributed by atoms with Crippen molar-refractivity contribution in [2.24, 2.45) is 11.7 Å². The lowest BCUT2D eigenvalue weighted by molar-refractivity contribution is -0.121. The topological polar surface area (TPSA) is 58.4 Å². The highest BCUT2D eigenvalue weighted by molar-refractivity contribution is 5.76. The van der Waals surface area contributed by atoms with Crippen molar-refractivity contribution in [3.05, 3.63) is 0 Å². The van der Waals surface area contributed by atoms with Crippen LogP contribution in [0.5, 0.6) is 0 Å². The molecule has 0 aromatic carbocycles. The molecule has 1 amide bonds. The zero-order valence-corrected chi connectivity index (χ0v) is 9.83. The van der Waals surface area contributed by atoms with E-state index in [9.17, 15) is 4.79 Å². The Morgan fingerprint density at radius 1 is 1.60 bits per heavy atom. The van der Waals surface area contributed by atoms with Gasteiger partial charge in [-0.2, -0.15) is 0 Å². The highest BCUT2D eigenvalue weighted by Gasteiger charge is 2.21. The van der Waals surface area contributed by atoms with E-state index in [1.165, 1.54) is 6.42 Å². The van der Waals surface area contributed by atoms with Crippen molar-refractivity contribution < 1.29 is 4.79 Å². The number of carbonyl (C=O) groups is 1. The van der Waals surface area contributed by atoms with Gasteiger partial charge in [-0.05, 0) is 39.3 Å². The van der Waals surface area contributed by atoms with Crippen LogP contribution in [0.1, 0.15) is 26.7 Å². The first-order valence-electron chi connectivity index (χ1n) is 5.83. The Morgan fingerprint density at radius 3 is 2.87 bits per heavy atom. The lowest BCUT2D eigenvalue weighted by atomic mass is 10.1. The van der Waals surface area contributed by atoms with Crippen molar-refractivity contribution in [1.29, 1.82) is 0 Å². The average Bonchev–Trinajstić information content (AvgIpc) is 2.61. The first-order chi connectivity index (χ1) is 7.11. The molecule has 0 aromatic rings. The van der Waals surface area contributed by atoms with Crippen LogP contribution in [0, 0.1) is 5.92 Å². The lowest BCUT2D eigenvalue weighted by Crippen LogP contribution is -2.33. The molecule has 1 aliphatic heterocycles. The summed E-state index contributed by atoms with van der Waals surface area (Å²) in [4.78, 5) is 13.7. The number of nitrogens with zero attached hydrogens (tertiary/aromatic N) is 1. The molecule has 88 valence electrons. The van der Waals surface area contributed by atoms with Crippen molar-refractivity contribution in [2.75, 3.05) is 26.2 Å². The van der Waals surface area contributed by atoms with Gasteiger partial charge in [0.15, 0.2) is 0 Å². The van der Waals surface area contributed by atoms with Crippen molar-refractivity contribution >= 4 is 5.91 Å². The summed E-state index contributed by atoms with van der Waals surface area (Å²) in [6, 6.07) is 0.243. The third kappa shape index (κ3) is 4.62. The molecule has 0 aliphatic carbocycles. The summed E-state index contributed by atoms with van der Waals surface area (Å²) in [7, 11) is 0. The average molecular weight is 213 g/mol. The zero-order chi connectivity index (χ0) is 11.3. The van der Waals surface area contributed by atoms with Crippen molar-refractivity contribution in [1.82, 2.24) is 10.2 Å². The highest BCUT2D eigenvalue weighted by Crippen LogP contribution is 2.14. The fourth-order valence-corrected chi connectivity index (χ4v) is 1.96. The van der Waals surface area contributed by atoms with Crippen LogP contribution in [-0.2, 0) is 4.79 Å². The third-order valence-corrected chi connectivity index (χ3v) is 2.81. The van der Waals surface area contributed by atoms with Gasteiger partial charge in [0.2, 0.25) is 5.91 Å². The molecule has 4 heteroatoms. The number of amides is 1. The molecule has 0 radical (unpaired) electrons. The van der Waals surface area contributed by atoms with E-state index in [1.54, 1.807) is 0 Å². The van der Waals surface area contributed by atoms with Gasteiger partial charge in [0.1, 0.15) is 0 Å². The van der Waals surface area contributed by atoms with Crippen LogP contribution in [0.15, 0.2) is 0 Å². The molecule has 1 unspecified atom stereocenters. The fourth-order valence-electron chi connectivity index (χ4n) is 1.96. The smallest absolute Gasteiger partial charge is 0.221 e. The number of likely N-dealkylation sites (tertiary alicyclic amines) is 1. The van der Waals surface area contributed by atoms with E-state index in [1.807, 2.05) is 13.8 Å². The van der Waals surface area contributed by atoms with Crippen LogP contribution >= 0.6 is 0 Å². The van der Waals surface area contributed by atoms with Gasteiger partial charge >= 0.3 is 0 Å². The first-order valence-corrected chi connectivity index (χ1v) is 5.83. The maximum Gasteiger partial charge on any atom is 0.221 e. The molecule has 0 aromatic heterocycles. The summed E-state index contributed by atoms with van der Waals surface area (Å²) < 4.78 is 0. The molecule has 0 bridgehead atoms. The largest absolute Gasteiger partial charge is 0.354 e. The van der Waals surface area contributed by atoms with Crippen LogP contribution in [0.25, 0.3) is 0 Å². The Balaban J connectivity index is 2.13. The number of hydrogen-bond acceptors (Lipinski definition) is 3. The third-order valence-electron chi connectivity index (χ3n) is 2.81. The minimum Gasteiger partial charge on any atom is -0.354 e. The van der Waals surface area contributed by atoms with E-state index < -0.39 is 0 Å². The molecular formula is C11H23N3O. The highest BCUT2D eigenvalue weighted by atomic mass is 16.1. The second kappa shape index (κ2) is 6.08. The Bertz CT molecular complexity index is 206. The maximum absolute atomic E-state index is 11.4. The summed E-state index contributed by atoms with van der Waals surface area (Å²) in [6.07, 6.45) is 1.79. The Morgan fingerprint density at radius 2 is 2.33 bits per heavy atom. The second-order valence-corrected chi connectivity index (χ2v) is 4.66. The minimum atomic E-state index is 0.154. The number of hydrogen-bond donors (Lipinski definition) is 2. The van der Waals surface area contributed by atoms with E-state index in [2.05, 4.69) is 10.2 Å². The molecule has 15 heavy (non-hydrogen) atoms. The monoisotopic (exact) mass is 213 g/mol. The number of rotatable bonds is 5. The molecule has 0 saturated carbocycles. The molecule has 0 spiro atoms. The SMILES string of the molecule is CC(C)NC(=O)CCN1CCC(CN)C1. The van der Waals surface area contributed by atoms with Gasteiger partial charge in [-0.15, -0.1) is 0 Å². The summed E-state index contributed by atoms with van der Waals surface area (Å²) in [6.45, 7) is 7.77. The molecule has 3 N–H and O–H groups in total. The molecule has 1 aliphatic rings. The van der Waals surface area contributed by atoms with Crippen LogP contribution in [0.3, 0.4) is 0 Å². The van der Waals surface area contributed by atoms with E-state index in [4.69, 9.17) is 5.73 Å². The lowest BCUT2D eigenvalue weighted by Gasteiger charge is -2.15. The summed E-state index contributed by atoms with van der Waals surface area (Å²) in [5.74, 6) is 0.791. The standard InChI is InChI=1S/C11H23N3O/c1-9(2)13-11(15)4-6-14-5-3-10(7-12)8-14/h9-10H,3-8,12H2,1-2H3,(H,13,15). The van der Waals surface area contributed by atoms with Gasteiger partial charge in [-0.3, -0.25) is 4.79 Å². The number of carbonyl (C=O) groups excluding carboxylic acids is 1. The molecule has 1 fully saturated rings. The van der Waals surface area contributed by atoms with E-state index in [0.717, 1.165) is 26.2 Å². The molecule has 1 heterocycles. The van der Waals surface area contributed by atoms with Gasteiger partial charge in [0.25, 0.3) is 0 Å². The van der Waals surface area contributed by atoms with Crippen LogP contribution in [-0.4, -0.2) is 43.0 Å². The Kier molecular flexibility index (Phi) is 5.05. The Hall–Kier alpha value is -0.610. The van der Waals surface area contributed by atoms with Crippen LogP contribution in [0.2, 0.25) is 0 Å². The molecule has 1 saturated heterocycles. The van der Waals surface area contributed by atoms with Gasteiger partial charge in [0, 0.05) is 25.6 Å². The van der Waals surface area contributed by atoms with E-state index in [0.29, 0.717) is 12.3 Å². The normalized spacial score (nSPS) is 22.3.